The lowest BCUT2D eigenvalue weighted by Gasteiger charge is -2.13. The third-order valence-corrected chi connectivity index (χ3v) is 4.19. The molecule has 5 nitrogen and oxygen atoms in total. The summed E-state index contributed by atoms with van der Waals surface area (Å²) in [5.41, 5.74) is 0.0886. The van der Waals surface area contributed by atoms with Crippen LogP contribution in [0.15, 0.2) is 16.5 Å². The van der Waals surface area contributed by atoms with Crippen LogP contribution in [0.3, 0.4) is 0 Å². The van der Waals surface area contributed by atoms with Crippen molar-refractivity contribution in [3.8, 4) is 0 Å². The Labute approximate surface area is 107 Å². The molecular formula is C12H19O5P. The van der Waals surface area contributed by atoms with Gasteiger partial charge in [0, 0.05) is 6.42 Å². The Kier molecular flexibility index (Phi) is 5.79. The van der Waals surface area contributed by atoms with Crippen LogP contribution in [0.2, 0.25) is 0 Å². The van der Waals surface area contributed by atoms with Gasteiger partial charge in [-0.2, -0.15) is 0 Å². The number of Topliss-reactive ketones (excluding diaryl/α,β-unsaturated/α-hetero) is 1. The normalized spacial score (nSPS) is 11.7. The van der Waals surface area contributed by atoms with Crippen LogP contribution in [0.4, 0.5) is 0 Å². The van der Waals surface area contributed by atoms with Crippen LogP contribution in [0, 0.1) is 0 Å². The second-order valence-electron chi connectivity index (χ2n) is 3.64. The molecule has 1 aromatic rings. The van der Waals surface area contributed by atoms with Gasteiger partial charge in [0.15, 0.2) is 11.5 Å². The first-order chi connectivity index (χ1) is 8.57. The van der Waals surface area contributed by atoms with Crippen molar-refractivity contribution in [2.45, 2.75) is 33.6 Å². The van der Waals surface area contributed by atoms with E-state index in [2.05, 4.69) is 0 Å². The van der Waals surface area contributed by atoms with Crippen LogP contribution in [-0.4, -0.2) is 19.0 Å². The van der Waals surface area contributed by atoms with Crippen molar-refractivity contribution < 1.29 is 22.8 Å². The van der Waals surface area contributed by atoms with E-state index in [1.54, 1.807) is 13.8 Å². The van der Waals surface area contributed by atoms with Gasteiger partial charge in [-0.25, -0.2) is 0 Å². The SMILES string of the molecule is CCCC(=O)c1ccc(P(=O)(OCC)OCC)o1. The topological polar surface area (TPSA) is 65.7 Å². The molecule has 6 heteroatoms. The summed E-state index contributed by atoms with van der Waals surface area (Å²) in [7, 11) is -3.43. The maximum absolute atomic E-state index is 12.4. The highest BCUT2D eigenvalue weighted by Crippen LogP contribution is 2.47. The number of furan rings is 1. The fourth-order valence-electron chi connectivity index (χ4n) is 1.48. The van der Waals surface area contributed by atoms with Crippen molar-refractivity contribution in [3.05, 3.63) is 17.9 Å². The van der Waals surface area contributed by atoms with E-state index in [1.807, 2.05) is 6.92 Å². The van der Waals surface area contributed by atoms with Crippen molar-refractivity contribution in [3.63, 3.8) is 0 Å². The van der Waals surface area contributed by atoms with Crippen LogP contribution in [0.25, 0.3) is 0 Å². The molecule has 1 rings (SSSR count). The monoisotopic (exact) mass is 274 g/mol. The van der Waals surface area contributed by atoms with Gasteiger partial charge >= 0.3 is 7.60 Å². The second-order valence-corrected chi connectivity index (χ2v) is 5.60. The number of rotatable bonds is 8. The van der Waals surface area contributed by atoms with Gasteiger partial charge in [-0.15, -0.1) is 0 Å². The van der Waals surface area contributed by atoms with E-state index in [0.29, 0.717) is 6.42 Å². The molecule has 0 aliphatic heterocycles. The third kappa shape index (κ3) is 3.55. The molecule has 0 unspecified atom stereocenters. The highest BCUT2D eigenvalue weighted by Gasteiger charge is 2.31. The number of ketones is 1. The highest BCUT2D eigenvalue weighted by atomic mass is 31.2. The summed E-state index contributed by atoms with van der Waals surface area (Å²) >= 11 is 0. The minimum absolute atomic E-state index is 0.0886. The van der Waals surface area contributed by atoms with Crippen LogP contribution < -0.4 is 5.50 Å². The first kappa shape index (κ1) is 15.2. The van der Waals surface area contributed by atoms with Gasteiger partial charge in [0.1, 0.15) is 0 Å². The Bertz CT molecular complexity index is 427. The van der Waals surface area contributed by atoms with Gasteiger partial charge in [0.2, 0.25) is 5.50 Å². The minimum atomic E-state index is -3.43. The van der Waals surface area contributed by atoms with E-state index in [0.717, 1.165) is 6.42 Å². The van der Waals surface area contributed by atoms with Crippen molar-refractivity contribution in [1.82, 2.24) is 0 Å². The molecule has 0 N–H and O–H groups in total. The Balaban J connectivity index is 2.94. The van der Waals surface area contributed by atoms with E-state index in [4.69, 9.17) is 13.5 Å². The van der Waals surface area contributed by atoms with E-state index >= 15 is 0 Å². The zero-order valence-corrected chi connectivity index (χ0v) is 11.9. The second kappa shape index (κ2) is 6.88. The van der Waals surface area contributed by atoms with Gasteiger partial charge in [0.25, 0.3) is 0 Å². The molecule has 0 radical (unpaired) electrons. The summed E-state index contributed by atoms with van der Waals surface area (Å²) in [6, 6.07) is 2.99. The Morgan fingerprint density at radius 3 is 2.33 bits per heavy atom. The van der Waals surface area contributed by atoms with Crippen molar-refractivity contribution in [1.29, 1.82) is 0 Å². The Morgan fingerprint density at radius 2 is 1.83 bits per heavy atom. The molecule has 0 aliphatic carbocycles. The molecule has 0 saturated heterocycles. The first-order valence-corrected chi connectivity index (χ1v) is 7.64. The summed E-state index contributed by atoms with van der Waals surface area (Å²) < 4.78 is 27.9. The van der Waals surface area contributed by atoms with E-state index < -0.39 is 7.60 Å². The lowest BCUT2D eigenvalue weighted by molar-refractivity contribution is 0.0956. The lowest BCUT2D eigenvalue weighted by Crippen LogP contribution is -2.08. The molecule has 0 spiro atoms. The maximum atomic E-state index is 12.4. The van der Waals surface area contributed by atoms with E-state index in [9.17, 15) is 9.36 Å². The number of carbonyl (C=O) groups excluding carboxylic acids is 1. The van der Waals surface area contributed by atoms with Crippen LogP contribution in [0.5, 0.6) is 0 Å². The zero-order valence-electron chi connectivity index (χ0n) is 11.0. The van der Waals surface area contributed by atoms with Gasteiger partial charge in [-0.1, -0.05) is 6.92 Å². The largest absolute Gasteiger partial charge is 0.445 e. The molecule has 102 valence electrons. The summed E-state index contributed by atoms with van der Waals surface area (Å²) in [6.07, 6.45) is 1.14. The molecule has 0 bridgehead atoms. The molecule has 1 heterocycles. The molecule has 0 fully saturated rings. The summed E-state index contributed by atoms with van der Waals surface area (Å²) in [5.74, 6) is 0.0924. The average Bonchev–Trinajstić information content (AvgIpc) is 2.80. The zero-order chi connectivity index (χ0) is 13.6. The summed E-state index contributed by atoms with van der Waals surface area (Å²) in [4.78, 5) is 11.6. The Morgan fingerprint density at radius 1 is 1.22 bits per heavy atom. The fourth-order valence-corrected chi connectivity index (χ4v) is 2.96. The summed E-state index contributed by atoms with van der Waals surface area (Å²) in [6.45, 7) is 5.84. The first-order valence-electron chi connectivity index (χ1n) is 6.10. The standard InChI is InChI=1S/C12H19O5P/c1-4-7-10(13)11-8-9-12(17-11)18(14,15-5-2)16-6-3/h8-9H,4-7H2,1-3H3. The van der Waals surface area contributed by atoms with Crippen molar-refractivity contribution in [2.24, 2.45) is 0 Å². The summed E-state index contributed by atoms with van der Waals surface area (Å²) in [5, 5.41) is 0. The number of carbonyl (C=O) groups is 1. The van der Waals surface area contributed by atoms with Crippen LogP contribution in [-0.2, 0) is 13.6 Å². The lowest BCUT2D eigenvalue weighted by atomic mass is 10.2. The molecule has 18 heavy (non-hydrogen) atoms. The predicted octanol–water partition coefficient (Wildman–Crippen LogP) is 3.15. The molecule has 0 atom stereocenters. The minimum Gasteiger partial charge on any atom is -0.445 e. The predicted molar refractivity (Wildman–Crippen MR) is 68.4 cm³/mol. The van der Waals surface area contributed by atoms with Crippen LogP contribution >= 0.6 is 7.60 Å². The Hall–Kier alpha value is -0.900. The van der Waals surface area contributed by atoms with Gasteiger partial charge in [-0.05, 0) is 32.4 Å². The van der Waals surface area contributed by atoms with E-state index in [1.165, 1.54) is 12.1 Å². The smallest absolute Gasteiger partial charge is 0.396 e. The van der Waals surface area contributed by atoms with Crippen LogP contribution in [0.1, 0.15) is 44.2 Å². The molecule has 0 aromatic carbocycles. The molecular weight excluding hydrogens is 255 g/mol. The van der Waals surface area contributed by atoms with Gasteiger partial charge < -0.3 is 13.5 Å². The number of hydrogen-bond acceptors (Lipinski definition) is 5. The number of hydrogen-bond donors (Lipinski definition) is 0. The highest BCUT2D eigenvalue weighted by molar-refractivity contribution is 7.61. The molecule has 0 amide bonds. The van der Waals surface area contributed by atoms with Crippen molar-refractivity contribution in [2.75, 3.05) is 13.2 Å². The quantitative estimate of drug-likeness (QED) is 0.538. The van der Waals surface area contributed by atoms with Gasteiger partial charge in [0.05, 0.1) is 13.2 Å². The van der Waals surface area contributed by atoms with Gasteiger partial charge in [-0.3, -0.25) is 9.36 Å². The average molecular weight is 274 g/mol. The fraction of sp³-hybridized carbons (Fsp3) is 0.583. The van der Waals surface area contributed by atoms with E-state index in [-0.39, 0.29) is 30.3 Å². The van der Waals surface area contributed by atoms with Crippen molar-refractivity contribution >= 4 is 18.9 Å². The molecule has 1 aromatic heterocycles. The molecule has 0 saturated carbocycles. The maximum Gasteiger partial charge on any atom is 0.396 e. The third-order valence-electron chi connectivity index (χ3n) is 2.21. The molecule has 0 aliphatic rings.